The van der Waals surface area contributed by atoms with Crippen LogP contribution in [-0.2, 0) is 0 Å². The summed E-state index contributed by atoms with van der Waals surface area (Å²) in [4.78, 5) is 6.62. The number of anilines is 1. The Balaban J connectivity index is 1.70. The number of nitrogens with zero attached hydrogens (tertiary/aromatic N) is 2. The molecular formula is C16H15BrCl2N2O. The molecule has 1 aliphatic heterocycles. The van der Waals surface area contributed by atoms with Gasteiger partial charge in [0.15, 0.2) is 5.75 Å². The van der Waals surface area contributed by atoms with Crippen molar-refractivity contribution in [1.29, 1.82) is 0 Å². The van der Waals surface area contributed by atoms with Crippen molar-refractivity contribution in [3.05, 3.63) is 50.5 Å². The Morgan fingerprint density at radius 1 is 1.27 bits per heavy atom. The zero-order valence-corrected chi connectivity index (χ0v) is 15.1. The zero-order valence-electron chi connectivity index (χ0n) is 12.0. The van der Waals surface area contributed by atoms with Gasteiger partial charge in [-0.25, -0.2) is 4.98 Å². The molecule has 6 heteroatoms. The minimum absolute atomic E-state index is 0.0585. The first-order valence-corrected chi connectivity index (χ1v) is 8.56. The number of hydrogen-bond acceptors (Lipinski definition) is 3. The van der Waals surface area contributed by atoms with Crippen molar-refractivity contribution in [2.45, 2.75) is 19.4 Å². The molecule has 2 aromatic rings. The van der Waals surface area contributed by atoms with Crippen LogP contribution < -0.4 is 9.64 Å². The fourth-order valence-corrected chi connectivity index (χ4v) is 3.47. The molecule has 1 saturated heterocycles. The molecule has 22 heavy (non-hydrogen) atoms. The standard InChI is InChI=1S/C16H15BrCl2N2O/c1-10-6-13(18)16(14(19)7-10)22-12-4-5-21(9-12)15-3-2-11(17)8-20-15/h2-3,6-8,12H,4-5,9H2,1H3. The first-order valence-electron chi connectivity index (χ1n) is 7.02. The fourth-order valence-electron chi connectivity index (χ4n) is 2.55. The Bertz CT molecular complexity index is 655. The Hall–Kier alpha value is -0.970. The summed E-state index contributed by atoms with van der Waals surface area (Å²) in [6.45, 7) is 3.63. The van der Waals surface area contributed by atoms with E-state index in [0.29, 0.717) is 15.8 Å². The Morgan fingerprint density at radius 2 is 2.00 bits per heavy atom. The summed E-state index contributed by atoms with van der Waals surface area (Å²) >= 11 is 15.9. The maximum absolute atomic E-state index is 6.24. The molecule has 0 N–H and O–H groups in total. The summed E-state index contributed by atoms with van der Waals surface area (Å²) in [5.74, 6) is 1.53. The molecule has 1 aliphatic rings. The topological polar surface area (TPSA) is 25.4 Å². The lowest BCUT2D eigenvalue weighted by atomic mass is 10.2. The molecule has 0 amide bonds. The number of pyridine rings is 1. The molecule has 0 radical (unpaired) electrons. The summed E-state index contributed by atoms with van der Waals surface area (Å²) < 4.78 is 7.00. The third kappa shape index (κ3) is 3.50. The second-order valence-electron chi connectivity index (χ2n) is 5.37. The molecular weight excluding hydrogens is 387 g/mol. The zero-order chi connectivity index (χ0) is 15.7. The molecule has 2 heterocycles. The lowest BCUT2D eigenvalue weighted by Gasteiger charge is -2.19. The average Bonchev–Trinajstić information content (AvgIpc) is 2.92. The molecule has 116 valence electrons. The molecule has 1 fully saturated rings. The second-order valence-corrected chi connectivity index (χ2v) is 7.10. The predicted molar refractivity (Wildman–Crippen MR) is 94.4 cm³/mol. The van der Waals surface area contributed by atoms with Crippen LogP contribution in [0.5, 0.6) is 5.75 Å². The summed E-state index contributed by atoms with van der Waals surface area (Å²) in [6.07, 6.45) is 2.78. The van der Waals surface area contributed by atoms with Gasteiger partial charge in [-0.3, -0.25) is 0 Å². The average molecular weight is 402 g/mol. The van der Waals surface area contributed by atoms with Crippen LogP contribution in [0.15, 0.2) is 34.9 Å². The van der Waals surface area contributed by atoms with Crippen LogP contribution in [0.25, 0.3) is 0 Å². The molecule has 1 atom stereocenters. The van der Waals surface area contributed by atoms with Gasteiger partial charge in [0, 0.05) is 23.6 Å². The lowest BCUT2D eigenvalue weighted by molar-refractivity contribution is 0.225. The number of aromatic nitrogens is 1. The van der Waals surface area contributed by atoms with E-state index in [1.807, 2.05) is 31.2 Å². The lowest BCUT2D eigenvalue weighted by Crippen LogP contribution is -2.25. The van der Waals surface area contributed by atoms with Gasteiger partial charge in [0.2, 0.25) is 0 Å². The van der Waals surface area contributed by atoms with Gasteiger partial charge in [-0.2, -0.15) is 0 Å². The normalized spacial score (nSPS) is 17.8. The molecule has 3 rings (SSSR count). The van der Waals surface area contributed by atoms with Crippen molar-refractivity contribution in [2.75, 3.05) is 18.0 Å². The molecule has 0 saturated carbocycles. The van der Waals surface area contributed by atoms with Gasteiger partial charge >= 0.3 is 0 Å². The van der Waals surface area contributed by atoms with E-state index in [1.54, 1.807) is 6.20 Å². The minimum atomic E-state index is 0.0585. The maximum atomic E-state index is 6.24. The highest BCUT2D eigenvalue weighted by Gasteiger charge is 2.26. The number of aryl methyl sites for hydroxylation is 1. The summed E-state index contributed by atoms with van der Waals surface area (Å²) in [5.41, 5.74) is 1.02. The first-order chi connectivity index (χ1) is 10.5. The third-order valence-electron chi connectivity index (χ3n) is 3.61. The van der Waals surface area contributed by atoms with Crippen molar-refractivity contribution in [1.82, 2.24) is 4.98 Å². The predicted octanol–water partition coefficient (Wildman–Crippen LogP) is 5.12. The van der Waals surface area contributed by atoms with E-state index in [2.05, 4.69) is 25.8 Å². The van der Waals surface area contributed by atoms with E-state index in [1.165, 1.54) is 0 Å². The smallest absolute Gasteiger partial charge is 0.156 e. The van der Waals surface area contributed by atoms with E-state index in [0.717, 1.165) is 35.4 Å². The van der Waals surface area contributed by atoms with Gasteiger partial charge in [0.1, 0.15) is 11.9 Å². The minimum Gasteiger partial charge on any atom is -0.485 e. The van der Waals surface area contributed by atoms with Crippen molar-refractivity contribution in [2.24, 2.45) is 0 Å². The van der Waals surface area contributed by atoms with E-state index >= 15 is 0 Å². The monoisotopic (exact) mass is 400 g/mol. The van der Waals surface area contributed by atoms with Gasteiger partial charge < -0.3 is 9.64 Å². The second kappa shape index (κ2) is 6.65. The van der Waals surface area contributed by atoms with E-state index < -0.39 is 0 Å². The van der Waals surface area contributed by atoms with Crippen LogP contribution in [0, 0.1) is 6.92 Å². The molecule has 0 spiro atoms. The van der Waals surface area contributed by atoms with Crippen molar-refractivity contribution in [3.63, 3.8) is 0 Å². The van der Waals surface area contributed by atoms with Gasteiger partial charge in [-0.05, 0) is 52.7 Å². The largest absolute Gasteiger partial charge is 0.485 e. The van der Waals surface area contributed by atoms with Gasteiger partial charge in [0.25, 0.3) is 0 Å². The summed E-state index contributed by atoms with van der Waals surface area (Å²) in [7, 11) is 0. The number of ether oxygens (including phenoxy) is 1. The van der Waals surface area contributed by atoms with Crippen LogP contribution in [0.1, 0.15) is 12.0 Å². The number of benzene rings is 1. The number of halogens is 3. The van der Waals surface area contributed by atoms with Crippen LogP contribution >= 0.6 is 39.1 Å². The van der Waals surface area contributed by atoms with Gasteiger partial charge in [-0.1, -0.05) is 23.2 Å². The molecule has 1 unspecified atom stereocenters. The van der Waals surface area contributed by atoms with Crippen molar-refractivity contribution in [3.8, 4) is 5.75 Å². The highest BCUT2D eigenvalue weighted by molar-refractivity contribution is 9.10. The Morgan fingerprint density at radius 3 is 2.64 bits per heavy atom. The van der Waals surface area contributed by atoms with Crippen LogP contribution in [0.4, 0.5) is 5.82 Å². The Kier molecular flexibility index (Phi) is 4.81. The molecule has 1 aromatic carbocycles. The SMILES string of the molecule is Cc1cc(Cl)c(OC2CCN(c3ccc(Br)cn3)C2)c(Cl)c1. The highest BCUT2D eigenvalue weighted by atomic mass is 79.9. The van der Waals surface area contributed by atoms with Crippen molar-refractivity contribution >= 4 is 44.9 Å². The molecule has 0 bridgehead atoms. The van der Waals surface area contributed by atoms with E-state index in [-0.39, 0.29) is 6.10 Å². The molecule has 0 aliphatic carbocycles. The molecule has 3 nitrogen and oxygen atoms in total. The highest BCUT2D eigenvalue weighted by Crippen LogP contribution is 2.36. The summed E-state index contributed by atoms with van der Waals surface area (Å²) in [6, 6.07) is 7.72. The third-order valence-corrected chi connectivity index (χ3v) is 4.64. The quantitative estimate of drug-likeness (QED) is 0.713. The van der Waals surface area contributed by atoms with Gasteiger partial charge in [-0.15, -0.1) is 0 Å². The summed E-state index contributed by atoms with van der Waals surface area (Å²) in [5, 5.41) is 1.12. The number of rotatable bonds is 3. The Labute approximate surface area is 148 Å². The van der Waals surface area contributed by atoms with Crippen molar-refractivity contribution < 1.29 is 4.74 Å². The van der Waals surface area contributed by atoms with Crippen LogP contribution in [0.3, 0.4) is 0 Å². The van der Waals surface area contributed by atoms with Crippen LogP contribution in [-0.4, -0.2) is 24.2 Å². The van der Waals surface area contributed by atoms with Crippen LogP contribution in [0.2, 0.25) is 10.0 Å². The first kappa shape index (κ1) is 15.9. The fraction of sp³-hybridized carbons (Fsp3) is 0.312. The van der Waals surface area contributed by atoms with Gasteiger partial charge in [0.05, 0.1) is 16.6 Å². The number of hydrogen-bond donors (Lipinski definition) is 0. The maximum Gasteiger partial charge on any atom is 0.156 e. The van der Waals surface area contributed by atoms with E-state index in [9.17, 15) is 0 Å². The molecule has 1 aromatic heterocycles. The van der Waals surface area contributed by atoms with E-state index in [4.69, 9.17) is 27.9 Å².